The number of hydrogen-bond donors (Lipinski definition) is 0. The molecule has 0 fully saturated rings. The summed E-state index contributed by atoms with van der Waals surface area (Å²) in [5, 5.41) is 0. The van der Waals surface area contributed by atoms with E-state index in [0.717, 1.165) is 24.1 Å². The van der Waals surface area contributed by atoms with Gasteiger partial charge in [-0.2, -0.15) is 0 Å². The molecule has 1 aromatic heterocycles. The zero-order chi connectivity index (χ0) is 13.5. The van der Waals surface area contributed by atoms with Gasteiger partial charge in [0, 0.05) is 24.7 Å². The maximum absolute atomic E-state index is 11.9. The summed E-state index contributed by atoms with van der Waals surface area (Å²) < 4.78 is 0. The van der Waals surface area contributed by atoms with Gasteiger partial charge in [0.1, 0.15) is 5.78 Å². The van der Waals surface area contributed by atoms with E-state index in [1.807, 2.05) is 18.2 Å². The van der Waals surface area contributed by atoms with Crippen LogP contribution in [0.25, 0.3) is 0 Å². The highest BCUT2D eigenvalue weighted by Crippen LogP contribution is 2.08. The minimum absolute atomic E-state index is 0.273. The van der Waals surface area contributed by atoms with Gasteiger partial charge in [-0.1, -0.05) is 37.3 Å². The van der Waals surface area contributed by atoms with Crippen molar-refractivity contribution in [1.82, 2.24) is 4.98 Å². The Bertz CT molecular complexity index is 517. The zero-order valence-corrected chi connectivity index (χ0v) is 11.3. The van der Waals surface area contributed by atoms with Crippen LogP contribution in [0.4, 0.5) is 0 Å². The summed E-state index contributed by atoms with van der Waals surface area (Å²) in [6.45, 7) is 2.13. The first-order chi connectivity index (χ1) is 9.28. The van der Waals surface area contributed by atoms with E-state index in [4.69, 9.17) is 0 Å². The van der Waals surface area contributed by atoms with Gasteiger partial charge >= 0.3 is 0 Å². The lowest BCUT2D eigenvalue weighted by atomic mass is 10.0. The molecular weight excluding hydrogens is 234 g/mol. The minimum atomic E-state index is 0.273. The molecule has 0 aliphatic rings. The van der Waals surface area contributed by atoms with Crippen LogP contribution in [0.2, 0.25) is 0 Å². The van der Waals surface area contributed by atoms with Crippen LogP contribution in [0, 0.1) is 0 Å². The van der Waals surface area contributed by atoms with Gasteiger partial charge in [-0.3, -0.25) is 9.78 Å². The van der Waals surface area contributed by atoms with E-state index < -0.39 is 0 Å². The molecule has 0 spiro atoms. The number of ketones is 1. The van der Waals surface area contributed by atoms with Crippen molar-refractivity contribution in [2.45, 2.75) is 32.6 Å². The Hall–Kier alpha value is -1.96. The number of hydrogen-bond acceptors (Lipinski definition) is 2. The predicted molar refractivity (Wildman–Crippen MR) is 77.1 cm³/mol. The summed E-state index contributed by atoms with van der Waals surface area (Å²) in [5.74, 6) is 0.273. The normalized spacial score (nSPS) is 10.4. The Labute approximate surface area is 114 Å². The third-order valence-corrected chi connectivity index (χ3v) is 3.22. The highest BCUT2D eigenvalue weighted by Gasteiger charge is 2.05. The zero-order valence-electron chi connectivity index (χ0n) is 11.3. The lowest BCUT2D eigenvalue weighted by Gasteiger charge is -2.03. The summed E-state index contributed by atoms with van der Waals surface area (Å²) in [4.78, 5) is 16.1. The molecule has 2 rings (SSSR count). The van der Waals surface area contributed by atoms with Gasteiger partial charge in [0.05, 0.1) is 0 Å². The fraction of sp³-hybridized carbons (Fsp3) is 0.294. The Morgan fingerprint density at radius 3 is 2.42 bits per heavy atom. The highest BCUT2D eigenvalue weighted by atomic mass is 16.1. The Kier molecular flexibility index (Phi) is 4.85. The van der Waals surface area contributed by atoms with Crippen molar-refractivity contribution in [3.8, 4) is 0 Å². The lowest BCUT2D eigenvalue weighted by molar-refractivity contribution is -0.118. The van der Waals surface area contributed by atoms with E-state index in [2.05, 4.69) is 36.2 Å². The average molecular weight is 253 g/mol. The van der Waals surface area contributed by atoms with Crippen molar-refractivity contribution in [3.63, 3.8) is 0 Å². The monoisotopic (exact) mass is 253 g/mol. The predicted octanol–water partition coefficient (Wildman–Crippen LogP) is 3.39. The second-order valence-electron chi connectivity index (χ2n) is 4.71. The Morgan fingerprint density at radius 1 is 1.05 bits per heavy atom. The van der Waals surface area contributed by atoms with Crippen molar-refractivity contribution >= 4 is 5.78 Å². The Balaban J connectivity index is 1.83. The van der Waals surface area contributed by atoms with Crippen LogP contribution in [-0.2, 0) is 24.1 Å². The standard InChI is InChI=1S/C17H19NO/c1-2-14-6-8-15(9-7-14)13-17(19)11-10-16-5-3-4-12-18-16/h3-9,12H,2,10-11,13H2,1H3. The molecule has 19 heavy (non-hydrogen) atoms. The average Bonchev–Trinajstić information content (AvgIpc) is 2.47. The number of benzene rings is 1. The largest absolute Gasteiger partial charge is 0.299 e. The van der Waals surface area contributed by atoms with Crippen LogP contribution in [0.15, 0.2) is 48.7 Å². The summed E-state index contributed by atoms with van der Waals surface area (Å²) >= 11 is 0. The van der Waals surface area contributed by atoms with Gasteiger partial charge in [-0.05, 0) is 36.1 Å². The molecule has 0 saturated carbocycles. The van der Waals surface area contributed by atoms with E-state index >= 15 is 0 Å². The van der Waals surface area contributed by atoms with Crippen LogP contribution in [-0.4, -0.2) is 10.8 Å². The first kappa shape index (κ1) is 13.5. The van der Waals surface area contributed by atoms with Crippen LogP contribution in [0.1, 0.15) is 30.2 Å². The van der Waals surface area contributed by atoms with Gasteiger partial charge < -0.3 is 0 Å². The summed E-state index contributed by atoms with van der Waals surface area (Å²) in [5.41, 5.74) is 3.39. The molecular formula is C17H19NO. The van der Waals surface area contributed by atoms with E-state index in [-0.39, 0.29) is 5.78 Å². The number of nitrogens with zero attached hydrogens (tertiary/aromatic N) is 1. The molecule has 1 heterocycles. The molecule has 2 heteroatoms. The molecule has 0 radical (unpaired) electrons. The molecule has 2 aromatic rings. The maximum atomic E-state index is 11.9. The minimum Gasteiger partial charge on any atom is -0.299 e. The maximum Gasteiger partial charge on any atom is 0.137 e. The van der Waals surface area contributed by atoms with Crippen molar-refractivity contribution in [1.29, 1.82) is 0 Å². The fourth-order valence-corrected chi connectivity index (χ4v) is 2.02. The lowest BCUT2D eigenvalue weighted by Crippen LogP contribution is -2.05. The van der Waals surface area contributed by atoms with Crippen molar-refractivity contribution < 1.29 is 4.79 Å². The second kappa shape index (κ2) is 6.83. The third kappa shape index (κ3) is 4.32. The number of rotatable bonds is 6. The molecule has 0 aliphatic heterocycles. The van der Waals surface area contributed by atoms with Crippen LogP contribution < -0.4 is 0 Å². The molecule has 0 aliphatic carbocycles. The van der Waals surface area contributed by atoms with E-state index in [1.54, 1.807) is 6.20 Å². The second-order valence-corrected chi connectivity index (χ2v) is 4.71. The number of carbonyl (C=O) groups is 1. The van der Waals surface area contributed by atoms with Crippen LogP contribution in [0.5, 0.6) is 0 Å². The molecule has 98 valence electrons. The Morgan fingerprint density at radius 2 is 1.79 bits per heavy atom. The molecule has 0 bridgehead atoms. The van der Waals surface area contributed by atoms with Crippen molar-refractivity contribution in [2.24, 2.45) is 0 Å². The molecule has 0 amide bonds. The number of aryl methyl sites for hydroxylation is 2. The first-order valence-electron chi connectivity index (χ1n) is 6.77. The topological polar surface area (TPSA) is 30.0 Å². The van der Waals surface area contributed by atoms with Crippen LogP contribution in [0.3, 0.4) is 0 Å². The summed E-state index contributed by atoms with van der Waals surface area (Å²) in [6, 6.07) is 14.1. The van der Waals surface area contributed by atoms with Crippen molar-refractivity contribution in [3.05, 3.63) is 65.5 Å². The van der Waals surface area contributed by atoms with E-state index in [9.17, 15) is 4.79 Å². The number of pyridine rings is 1. The first-order valence-corrected chi connectivity index (χ1v) is 6.77. The molecule has 2 nitrogen and oxygen atoms in total. The van der Waals surface area contributed by atoms with Crippen molar-refractivity contribution in [2.75, 3.05) is 0 Å². The fourth-order valence-electron chi connectivity index (χ4n) is 2.02. The number of Topliss-reactive ketones (excluding diaryl/α,β-unsaturated/α-hetero) is 1. The van der Waals surface area contributed by atoms with E-state index in [0.29, 0.717) is 12.8 Å². The highest BCUT2D eigenvalue weighted by molar-refractivity contribution is 5.81. The smallest absolute Gasteiger partial charge is 0.137 e. The van der Waals surface area contributed by atoms with Gasteiger partial charge in [0.2, 0.25) is 0 Å². The van der Waals surface area contributed by atoms with Crippen LogP contribution >= 0.6 is 0 Å². The molecule has 0 atom stereocenters. The quantitative estimate of drug-likeness (QED) is 0.790. The van der Waals surface area contributed by atoms with E-state index in [1.165, 1.54) is 5.56 Å². The SMILES string of the molecule is CCc1ccc(CC(=O)CCc2ccccn2)cc1. The molecule has 1 aromatic carbocycles. The number of aromatic nitrogens is 1. The van der Waals surface area contributed by atoms with Gasteiger partial charge in [0.25, 0.3) is 0 Å². The van der Waals surface area contributed by atoms with Gasteiger partial charge in [-0.25, -0.2) is 0 Å². The molecule has 0 unspecified atom stereocenters. The van der Waals surface area contributed by atoms with Gasteiger partial charge in [0.15, 0.2) is 0 Å². The van der Waals surface area contributed by atoms with Gasteiger partial charge in [-0.15, -0.1) is 0 Å². The third-order valence-electron chi connectivity index (χ3n) is 3.22. The summed E-state index contributed by atoms with van der Waals surface area (Å²) in [6.07, 6.45) is 4.62. The molecule has 0 saturated heterocycles. The molecule has 0 N–H and O–H groups in total. The summed E-state index contributed by atoms with van der Waals surface area (Å²) in [7, 11) is 0. The number of carbonyl (C=O) groups excluding carboxylic acids is 1.